The number of aliphatic hydroxyl groups is 1. The molecule has 1 fully saturated rings. The summed E-state index contributed by atoms with van der Waals surface area (Å²) >= 11 is 0. The second-order valence-electron chi connectivity index (χ2n) is 6.03. The zero-order valence-electron chi connectivity index (χ0n) is 13.5. The Hall–Kier alpha value is -1.50. The standard InChI is InChI=1S/C17H25FN2O3/c1-13(14-2-4-15(18)5-3-14)10-17(22)19-11-16(21)12-20-6-8-23-9-7-20/h2-5,13,16,21H,6-12H2,1H3,(H,19,22). The molecule has 1 aromatic rings. The molecule has 0 aromatic heterocycles. The summed E-state index contributed by atoms with van der Waals surface area (Å²) in [6.07, 6.45) is -0.270. The Morgan fingerprint density at radius 3 is 2.65 bits per heavy atom. The van der Waals surface area contributed by atoms with Gasteiger partial charge in [0, 0.05) is 32.6 Å². The van der Waals surface area contributed by atoms with E-state index < -0.39 is 6.10 Å². The summed E-state index contributed by atoms with van der Waals surface area (Å²) < 4.78 is 18.2. The molecule has 0 radical (unpaired) electrons. The third-order valence-electron chi connectivity index (χ3n) is 4.04. The summed E-state index contributed by atoms with van der Waals surface area (Å²) in [5.41, 5.74) is 0.926. The Morgan fingerprint density at radius 1 is 1.35 bits per heavy atom. The molecular weight excluding hydrogens is 299 g/mol. The summed E-state index contributed by atoms with van der Waals surface area (Å²) in [5, 5.41) is 12.8. The highest BCUT2D eigenvalue weighted by Crippen LogP contribution is 2.18. The van der Waals surface area contributed by atoms with E-state index in [1.54, 1.807) is 12.1 Å². The molecule has 23 heavy (non-hydrogen) atoms. The maximum atomic E-state index is 12.9. The summed E-state index contributed by atoms with van der Waals surface area (Å²) in [5.74, 6) is -0.383. The van der Waals surface area contributed by atoms with Crippen molar-refractivity contribution < 1.29 is 19.0 Å². The number of carbonyl (C=O) groups is 1. The lowest BCUT2D eigenvalue weighted by Crippen LogP contribution is -2.44. The van der Waals surface area contributed by atoms with Gasteiger partial charge in [-0.05, 0) is 23.6 Å². The van der Waals surface area contributed by atoms with Crippen LogP contribution >= 0.6 is 0 Å². The molecule has 2 rings (SSSR count). The normalized spacial score (nSPS) is 18.4. The average Bonchev–Trinajstić information content (AvgIpc) is 2.54. The molecule has 2 unspecified atom stereocenters. The second-order valence-corrected chi connectivity index (χ2v) is 6.03. The first-order chi connectivity index (χ1) is 11.0. The van der Waals surface area contributed by atoms with Gasteiger partial charge in [0.1, 0.15) is 5.82 Å². The molecule has 128 valence electrons. The fourth-order valence-electron chi connectivity index (χ4n) is 2.64. The number of β-amino-alcohol motifs (C(OH)–C–C–N with tert-alkyl or cyclic N) is 1. The van der Waals surface area contributed by atoms with Gasteiger partial charge < -0.3 is 15.2 Å². The molecule has 0 saturated carbocycles. The Labute approximate surface area is 136 Å². The lowest BCUT2D eigenvalue weighted by Gasteiger charge is -2.28. The zero-order chi connectivity index (χ0) is 16.7. The number of amides is 1. The lowest BCUT2D eigenvalue weighted by molar-refractivity contribution is -0.122. The largest absolute Gasteiger partial charge is 0.390 e. The van der Waals surface area contributed by atoms with Crippen LogP contribution in [0.15, 0.2) is 24.3 Å². The number of carbonyl (C=O) groups excluding carboxylic acids is 1. The van der Waals surface area contributed by atoms with Crippen molar-refractivity contribution >= 4 is 5.91 Å². The predicted molar refractivity (Wildman–Crippen MR) is 85.7 cm³/mol. The van der Waals surface area contributed by atoms with Gasteiger partial charge in [0.15, 0.2) is 0 Å². The van der Waals surface area contributed by atoms with Gasteiger partial charge in [0.25, 0.3) is 0 Å². The summed E-state index contributed by atoms with van der Waals surface area (Å²) in [7, 11) is 0. The molecular formula is C17H25FN2O3. The van der Waals surface area contributed by atoms with Crippen molar-refractivity contribution in [1.82, 2.24) is 10.2 Å². The van der Waals surface area contributed by atoms with Gasteiger partial charge in [-0.25, -0.2) is 4.39 Å². The topological polar surface area (TPSA) is 61.8 Å². The van der Waals surface area contributed by atoms with Crippen LogP contribution in [-0.2, 0) is 9.53 Å². The van der Waals surface area contributed by atoms with Crippen LogP contribution in [0.3, 0.4) is 0 Å². The number of hydrogen-bond donors (Lipinski definition) is 2. The minimum absolute atomic E-state index is 0.00647. The minimum Gasteiger partial charge on any atom is -0.390 e. The van der Waals surface area contributed by atoms with Crippen LogP contribution in [0.5, 0.6) is 0 Å². The number of ether oxygens (including phenoxy) is 1. The monoisotopic (exact) mass is 324 g/mol. The molecule has 1 aliphatic heterocycles. The molecule has 1 saturated heterocycles. The maximum Gasteiger partial charge on any atom is 0.220 e. The molecule has 2 N–H and O–H groups in total. The molecule has 5 nitrogen and oxygen atoms in total. The van der Waals surface area contributed by atoms with E-state index in [1.165, 1.54) is 12.1 Å². The van der Waals surface area contributed by atoms with Crippen LogP contribution in [0.1, 0.15) is 24.8 Å². The first-order valence-corrected chi connectivity index (χ1v) is 8.05. The van der Waals surface area contributed by atoms with Gasteiger partial charge in [0.2, 0.25) is 5.91 Å². The number of morpholine rings is 1. The smallest absolute Gasteiger partial charge is 0.220 e. The van der Waals surface area contributed by atoms with Crippen LogP contribution < -0.4 is 5.32 Å². The van der Waals surface area contributed by atoms with E-state index >= 15 is 0 Å². The number of benzene rings is 1. The van der Waals surface area contributed by atoms with Crippen molar-refractivity contribution in [3.63, 3.8) is 0 Å². The summed E-state index contributed by atoms with van der Waals surface area (Å²) in [6.45, 7) is 5.71. The van der Waals surface area contributed by atoms with Crippen LogP contribution in [0.4, 0.5) is 4.39 Å². The predicted octanol–water partition coefficient (Wildman–Crippen LogP) is 1.13. The van der Waals surface area contributed by atoms with E-state index in [4.69, 9.17) is 4.74 Å². The van der Waals surface area contributed by atoms with E-state index in [1.807, 2.05) is 6.92 Å². The fourth-order valence-corrected chi connectivity index (χ4v) is 2.64. The Morgan fingerprint density at radius 2 is 2.00 bits per heavy atom. The Bertz CT molecular complexity index is 489. The van der Waals surface area contributed by atoms with E-state index in [0.717, 1.165) is 18.7 Å². The Balaban J connectivity index is 1.68. The zero-order valence-corrected chi connectivity index (χ0v) is 13.5. The third-order valence-corrected chi connectivity index (χ3v) is 4.04. The van der Waals surface area contributed by atoms with Crippen molar-refractivity contribution in [3.05, 3.63) is 35.6 Å². The number of halogens is 1. The van der Waals surface area contributed by atoms with Crippen molar-refractivity contribution in [2.75, 3.05) is 39.4 Å². The molecule has 0 aliphatic carbocycles. The molecule has 0 bridgehead atoms. The van der Waals surface area contributed by atoms with Crippen LogP contribution in [-0.4, -0.2) is 61.4 Å². The molecule has 1 heterocycles. The molecule has 2 atom stereocenters. The number of nitrogens with zero attached hydrogens (tertiary/aromatic N) is 1. The highest BCUT2D eigenvalue weighted by atomic mass is 19.1. The first-order valence-electron chi connectivity index (χ1n) is 8.05. The molecule has 1 amide bonds. The Kier molecular flexibility index (Phi) is 6.95. The maximum absolute atomic E-state index is 12.9. The SMILES string of the molecule is CC(CC(=O)NCC(O)CN1CCOCC1)c1ccc(F)cc1. The van der Waals surface area contributed by atoms with Gasteiger partial charge in [-0.1, -0.05) is 19.1 Å². The van der Waals surface area contributed by atoms with E-state index in [-0.39, 0.29) is 24.2 Å². The van der Waals surface area contributed by atoms with E-state index in [2.05, 4.69) is 10.2 Å². The minimum atomic E-state index is -0.585. The van der Waals surface area contributed by atoms with Crippen molar-refractivity contribution in [3.8, 4) is 0 Å². The fraction of sp³-hybridized carbons (Fsp3) is 0.588. The van der Waals surface area contributed by atoms with Crippen LogP contribution in [0, 0.1) is 5.82 Å². The number of rotatable bonds is 7. The van der Waals surface area contributed by atoms with E-state index in [9.17, 15) is 14.3 Å². The molecule has 1 aromatic carbocycles. The quantitative estimate of drug-likeness (QED) is 0.789. The van der Waals surface area contributed by atoms with Gasteiger partial charge >= 0.3 is 0 Å². The molecule has 0 spiro atoms. The number of hydrogen-bond acceptors (Lipinski definition) is 4. The van der Waals surface area contributed by atoms with Gasteiger partial charge in [-0.2, -0.15) is 0 Å². The molecule has 6 heteroatoms. The van der Waals surface area contributed by atoms with Crippen molar-refractivity contribution in [1.29, 1.82) is 0 Å². The third kappa shape index (κ3) is 6.25. The molecule has 1 aliphatic rings. The van der Waals surface area contributed by atoms with Crippen LogP contribution in [0.2, 0.25) is 0 Å². The van der Waals surface area contributed by atoms with Crippen molar-refractivity contribution in [2.45, 2.75) is 25.4 Å². The first kappa shape index (κ1) is 17.8. The van der Waals surface area contributed by atoms with Gasteiger partial charge in [-0.3, -0.25) is 9.69 Å². The van der Waals surface area contributed by atoms with Gasteiger partial charge in [-0.15, -0.1) is 0 Å². The van der Waals surface area contributed by atoms with Crippen LogP contribution in [0.25, 0.3) is 0 Å². The van der Waals surface area contributed by atoms with Crippen molar-refractivity contribution in [2.24, 2.45) is 0 Å². The highest BCUT2D eigenvalue weighted by Gasteiger charge is 2.16. The summed E-state index contributed by atoms with van der Waals surface area (Å²) in [6, 6.07) is 6.19. The van der Waals surface area contributed by atoms with Gasteiger partial charge in [0.05, 0.1) is 19.3 Å². The average molecular weight is 324 g/mol. The highest BCUT2D eigenvalue weighted by molar-refractivity contribution is 5.76. The summed E-state index contributed by atoms with van der Waals surface area (Å²) in [4.78, 5) is 14.1. The number of aliphatic hydroxyl groups excluding tert-OH is 1. The number of nitrogens with one attached hydrogen (secondary N) is 1. The lowest BCUT2D eigenvalue weighted by atomic mass is 9.97. The van der Waals surface area contributed by atoms with E-state index in [0.29, 0.717) is 26.2 Å². The second kappa shape index (κ2) is 8.96.